The Labute approximate surface area is 152 Å². The van der Waals surface area contributed by atoms with Crippen molar-refractivity contribution < 1.29 is 33.8 Å². The highest BCUT2D eigenvalue weighted by atomic mass is 28.3. The van der Waals surface area contributed by atoms with Gasteiger partial charge < -0.3 is 15.2 Å². The number of ether oxygens (including phenoxy) is 1. The topological polar surface area (TPSA) is 130 Å². The Morgan fingerprint density at radius 2 is 1.77 bits per heavy atom. The van der Waals surface area contributed by atoms with Crippen molar-refractivity contribution >= 4 is 37.7 Å². The molecule has 0 aromatic heterocycles. The van der Waals surface area contributed by atoms with Gasteiger partial charge in [-0.1, -0.05) is 19.6 Å². The van der Waals surface area contributed by atoms with Crippen molar-refractivity contribution in [2.24, 2.45) is 0 Å². The van der Waals surface area contributed by atoms with E-state index in [4.69, 9.17) is 9.84 Å². The van der Waals surface area contributed by atoms with E-state index in [1.165, 1.54) is 0 Å². The van der Waals surface area contributed by atoms with E-state index < -0.39 is 50.3 Å². The van der Waals surface area contributed by atoms with Crippen LogP contribution in [-0.4, -0.2) is 66.9 Å². The molecule has 1 unspecified atom stereocenters. The van der Waals surface area contributed by atoms with Crippen molar-refractivity contribution in [2.45, 2.75) is 44.6 Å². The van der Waals surface area contributed by atoms with Crippen LogP contribution in [0, 0.1) is 0 Å². The molecule has 1 rings (SSSR count). The molecule has 0 saturated heterocycles. The van der Waals surface area contributed by atoms with Crippen molar-refractivity contribution in [3.05, 3.63) is 12.2 Å². The first-order valence-corrected chi connectivity index (χ1v) is 11.9. The third-order valence-corrected chi connectivity index (χ3v) is 5.27. The zero-order valence-corrected chi connectivity index (χ0v) is 16.1. The second-order valence-corrected chi connectivity index (χ2v) is 12.7. The Hall–Kier alpha value is -2.49. The van der Waals surface area contributed by atoms with Crippen LogP contribution in [0.1, 0.15) is 12.8 Å². The lowest BCUT2D eigenvalue weighted by molar-refractivity contribution is -0.148. The third kappa shape index (κ3) is 7.60. The minimum Gasteiger partial charge on any atom is -0.481 e. The van der Waals surface area contributed by atoms with Gasteiger partial charge in [0, 0.05) is 26.6 Å². The van der Waals surface area contributed by atoms with Gasteiger partial charge in [-0.15, -0.1) is 0 Å². The first-order valence-electron chi connectivity index (χ1n) is 8.21. The van der Waals surface area contributed by atoms with E-state index in [0.717, 1.165) is 23.1 Å². The Balaban J connectivity index is 2.62. The van der Waals surface area contributed by atoms with Crippen LogP contribution in [0.15, 0.2) is 12.2 Å². The van der Waals surface area contributed by atoms with Gasteiger partial charge in [-0.3, -0.25) is 24.1 Å². The number of rotatable bonds is 10. The fraction of sp³-hybridized carbons (Fsp3) is 0.562. The van der Waals surface area contributed by atoms with Crippen LogP contribution >= 0.6 is 0 Å². The van der Waals surface area contributed by atoms with E-state index in [9.17, 15) is 24.0 Å². The summed E-state index contributed by atoms with van der Waals surface area (Å²) in [5.74, 6) is -3.83. The average Bonchev–Trinajstić information content (AvgIpc) is 2.81. The fourth-order valence-electron chi connectivity index (χ4n) is 2.05. The Bertz CT molecular complexity index is 607. The van der Waals surface area contributed by atoms with Crippen molar-refractivity contribution in [1.29, 1.82) is 0 Å². The van der Waals surface area contributed by atoms with Crippen LogP contribution in [0.25, 0.3) is 0 Å². The van der Waals surface area contributed by atoms with Crippen LogP contribution in [-0.2, 0) is 28.7 Å². The summed E-state index contributed by atoms with van der Waals surface area (Å²) < 4.78 is 5.15. The number of hydrogen-bond acceptors (Lipinski definition) is 6. The van der Waals surface area contributed by atoms with Crippen molar-refractivity contribution in [3.8, 4) is 0 Å². The molecule has 0 bridgehead atoms. The first kappa shape index (κ1) is 21.5. The summed E-state index contributed by atoms with van der Waals surface area (Å²) in [4.78, 5) is 58.6. The van der Waals surface area contributed by atoms with Gasteiger partial charge in [0.15, 0.2) is 0 Å². The summed E-state index contributed by atoms with van der Waals surface area (Å²) in [5, 5.41) is 11.1. The van der Waals surface area contributed by atoms with Crippen LogP contribution in [0.3, 0.4) is 0 Å². The van der Waals surface area contributed by atoms with Gasteiger partial charge >= 0.3 is 11.9 Å². The quantitative estimate of drug-likeness (QED) is 0.311. The Morgan fingerprint density at radius 1 is 1.19 bits per heavy atom. The molecule has 0 radical (unpaired) electrons. The number of nitrogens with zero attached hydrogens (tertiary/aromatic N) is 1. The van der Waals surface area contributed by atoms with Crippen LogP contribution in [0.5, 0.6) is 0 Å². The number of imide groups is 1. The number of amides is 3. The van der Waals surface area contributed by atoms with E-state index in [0.29, 0.717) is 0 Å². The second-order valence-electron chi connectivity index (χ2n) is 7.13. The van der Waals surface area contributed by atoms with Crippen LogP contribution in [0.4, 0.5) is 0 Å². The highest BCUT2D eigenvalue weighted by molar-refractivity contribution is 6.76. The van der Waals surface area contributed by atoms with Crippen molar-refractivity contribution in [3.63, 3.8) is 0 Å². The van der Waals surface area contributed by atoms with E-state index in [1.54, 1.807) is 0 Å². The van der Waals surface area contributed by atoms with Crippen LogP contribution < -0.4 is 5.32 Å². The van der Waals surface area contributed by atoms with Crippen molar-refractivity contribution in [2.75, 3.05) is 13.2 Å². The van der Waals surface area contributed by atoms with Gasteiger partial charge in [0.2, 0.25) is 5.91 Å². The molecule has 0 aromatic carbocycles. The third-order valence-electron chi connectivity index (χ3n) is 3.57. The van der Waals surface area contributed by atoms with Gasteiger partial charge in [-0.2, -0.15) is 0 Å². The highest BCUT2D eigenvalue weighted by Crippen LogP contribution is 2.09. The molecule has 2 N–H and O–H groups in total. The smallest absolute Gasteiger partial charge is 0.328 e. The molecule has 0 aliphatic carbocycles. The zero-order chi connectivity index (χ0) is 19.9. The zero-order valence-electron chi connectivity index (χ0n) is 15.1. The summed E-state index contributed by atoms with van der Waals surface area (Å²) in [7, 11) is -1.41. The average molecular weight is 384 g/mol. The molecule has 26 heavy (non-hydrogen) atoms. The molecule has 3 amide bonds. The second kappa shape index (κ2) is 9.27. The van der Waals surface area contributed by atoms with Crippen LogP contribution in [0.2, 0.25) is 25.7 Å². The predicted octanol–water partition coefficient (Wildman–Crippen LogP) is 0.142. The SMILES string of the molecule is C[Si](C)(C)CCOC(=O)C(CCC(=O)O)NC(=O)CN1C(=O)C=CC1=O. The lowest BCUT2D eigenvalue weighted by atomic mass is 10.1. The molecule has 10 heteroatoms. The minimum absolute atomic E-state index is 0.146. The van der Waals surface area contributed by atoms with E-state index in [1.807, 2.05) is 0 Å². The minimum atomic E-state index is -1.41. The van der Waals surface area contributed by atoms with E-state index in [2.05, 4.69) is 25.0 Å². The molecule has 0 saturated carbocycles. The fourth-order valence-corrected chi connectivity index (χ4v) is 2.76. The van der Waals surface area contributed by atoms with Gasteiger partial charge in [0.25, 0.3) is 11.8 Å². The molecule has 0 spiro atoms. The van der Waals surface area contributed by atoms with Gasteiger partial charge in [-0.25, -0.2) is 4.79 Å². The van der Waals surface area contributed by atoms with Gasteiger partial charge in [0.1, 0.15) is 12.6 Å². The number of carboxylic acid groups (broad SMARTS) is 1. The number of carbonyl (C=O) groups excluding carboxylic acids is 4. The largest absolute Gasteiger partial charge is 0.481 e. The molecule has 0 fully saturated rings. The molecule has 1 aliphatic heterocycles. The first-order chi connectivity index (χ1) is 12.0. The Kier molecular flexibility index (Phi) is 7.69. The molecular weight excluding hydrogens is 360 g/mol. The summed E-state index contributed by atoms with van der Waals surface area (Å²) in [6, 6.07) is -0.415. The van der Waals surface area contributed by atoms with Gasteiger partial charge in [0.05, 0.1) is 6.61 Å². The molecule has 1 heterocycles. The number of aliphatic carboxylic acids is 1. The lowest BCUT2D eigenvalue weighted by Crippen LogP contribution is -2.47. The monoisotopic (exact) mass is 384 g/mol. The summed E-state index contributed by atoms with van der Waals surface area (Å²) in [6.45, 7) is 5.99. The number of carboxylic acids is 1. The maximum Gasteiger partial charge on any atom is 0.328 e. The molecule has 0 aromatic rings. The molecular formula is C16H24N2O7Si. The molecule has 1 atom stereocenters. The maximum atomic E-state index is 12.2. The van der Waals surface area contributed by atoms with Gasteiger partial charge in [-0.05, 0) is 12.5 Å². The number of esters is 1. The highest BCUT2D eigenvalue weighted by Gasteiger charge is 2.29. The molecule has 1 aliphatic rings. The molecule has 144 valence electrons. The normalized spacial score (nSPS) is 15.1. The van der Waals surface area contributed by atoms with E-state index in [-0.39, 0.29) is 19.4 Å². The molecule has 9 nitrogen and oxygen atoms in total. The summed E-state index contributed by atoms with van der Waals surface area (Å²) in [5.41, 5.74) is 0. The summed E-state index contributed by atoms with van der Waals surface area (Å²) in [6.07, 6.45) is 1.61. The Morgan fingerprint density at radius 3 is 2.27 bits per heavy atom. The lowest BCUT2D eigenvalue weighted by Gasteiger charge is -2.20. The number of hydrogen-bond donors (Lipinski definition) is 2. The number of nitrogens with one attached hydrogen (secondary N) is 1. The summed E-state index contributed by atoms with van der Waals surface area (Å²) >= 11 is 0. The van der Waals surface area contributed by atoms with Crippen molar-refractivity contribution in [1.82, 2.24) is 10.2 Å². The predicted molar refractivity (Wildman–Crippen MR) is 93.8 cm³/mol. The maximum absolute atomic E-state index is 12.2. The number of carbonyl (C=O) groups is 5. The van der Waals surface area contributed by atoms with E-state index >= 15 is 0 Å². The standard InChI is InChI=1S/C16H24N2O7Si/c1-26(2,3)9-8-25-16(24)11(4-7-15(22)23)17-12(19)10-18-13(20)5-6-14(18)21/h5-6,11H,4,7-10H2,1-3H3,(H,17,19)(H,22,23).